The molecule has 2 aromatic rings. The predicted octanol–water partition coefficient (Wildman–Crippen LogP) is 3.08. The van der Waals surface area contributed by atoms with E-state index in [2.05, 4.69) is 11.2 Å². The highest BCUT2D eigenvalue weighted by Gasteiger charge is 2.27. The normalized spacial score (nSPS) is 15.0. The Bertz CT molecular complexity index is 766. The van der Waals surface area contributed by atoms with Crippen molar-refractivity contribution in [2.45, 2.75) is 12.5 Å². The second-order valence-electron chi connectivity index (χ2n) is 5.26. The number of methoxy groups -OCH3 is 1. The van der Waals surface area contributed by atoms with E-state index in [0.717, 1.165) is 17.7 Å². The second-order valence-corrected chi connectivity index (χ2v) is 5.26. The Morgan fingerprint density at radius 3 is 2.70 bits per heavy atom. The number of hydrogen-bond donors (Lipinski definition) is 1. The van der Waals surface area contributed by atoms with Crippen LogP contribution in [0.5, 0.6) is 11.5 Å². The lowest BCUT2D eigenvalue weighted by Crippen LogP contribution is -2.20. The van der Waals surface area contributed by atoms with Crippen molar-refractivity contribution < 1.29 is 9.84 Å². The smallest absolute Gasteiger partial charge is 0.164 e. The lowest BCUT2D eigenvalue weighted by molar-refractivity contribution is 0.267. The molecule has 3 rings (SSSR count). The van der Waals surface area contributed by atoms with Gasteiger partial charge in [-0.05, 0) is 11.6 Å². The Balaban J connectivity index is 1.92. The van der Waals surface area contributed by atoms with Gasteiger partial charge in [0.15, 0.2) is 17.5 Å². The molecule has 0 fully saturated rings. The van der Waals surface area contributed by atoms with Crippen LogP contribution in [-0.2, 0) is 0 Å². The molecule has 23 heavy (non-hydrogen) atoms. The summed E-state index contributed by atoms with van der Waals surface area (Å²) in [6, 6.07) is 16.6. The summed E-state index contributed by atoms with van der Waals surface area (Å²) in [5.41, 5.74) is 2.51. The second kappa shape index (κ2) is 6.41. The maximum atomic E-state index is 10.3. The van der Waals surface area contributed by atoms with Gasteiger partial charge in [0.05, 0.1) is 18.9 Å². The molecule has 1 aliphatic heterocycles. The van der Waals surface area contributed by atoms with Gasteiger partial charge in [-0.15, -0.1) is 0 Å². The maximum Gasteiger partial charge on any atom is 0.164 e. The number of phenolic OH excluding ortho intramolecular Hbond substituents is 1. The Morgan fingerprint density at radius 1 is 1.22 bits per heavy atom. The van der Waals surface area contributed by atoms with Gasteiger partial charge in [0.2, 0.25) is 0 Å². The van der Waals surface area contributed by atoms with E-state index in [9.17, 15) is 10.4 Å². The highest BCUT2D eigenvalue weighted by molar-refractivity contribution is 6.01. The number of hydrogen-bond acceptors (Lipinski definition) is 5. The molecule has 0 saturated heterocycles. The Hall–Kier alpha value is -3.00. The van der Waals surface area contributed by atoms with E-state index in [1.165, 1.54) is 7.11 Å². The van der Waals surface area contributed by atoms with Crippen molar-refractivity contribution >= 4 is 5.71 Å². The summed E-state index contributed by atoms with van der Waals surface area (Å²) in [5.74, 6) is 0.346. The zero-order chi connectivity index (χ0) is 16.2. The zero-order valence-corrected chi connectivity index (χ0v) is 12.8. The van der Waals surface area contributed by atoms with Crippen molar-refractivity contribution in [3.05, 3.63) is 59.7 Å². The van der Waals surface area contributed by atoms with Gasteiger partial charge in [-0.25, -0.2) is 0 Å². The molecule has 0 aromatic heterocycles. The maximum absolute atomic E-state index is 10.3. The summed E-state index contributed by atoms with van der Waals surface area (Å²) in [6.45, 7) is 0.638. The van der Waals surface area contributed by atoms with Crippen LogP contribution in [0.3, 0.4) is 0 Å². The Kier molecular flexibility index (Phi) is 4.15. The third-order valence-corrected chi connectivity index (χ3v) is 3.90. The van der Waals surface area contributed by atoms with E-state index in [0.29, 0.717) is 17.9 Å². The Labute approximate surface area is 135 Å². The molecule has 116 valence electrons. The molecule has 0 unspecified atom stereocenters. The fourth-order valence-corrected chi connectivity index (χ4v) is 2.72. The minimum Gasteiger partial charge on any atom is -0.504 e. The van der Waals surface area contributed by atoms with E-state index < -0.39 is 6.04 Å². The van der Waals surface area contributed by atoms with Gasteiger partial charge in [0.25, 0.3) is 0 Å². The summed E-state index contributed by atoms with van der Waals surface area (Å²) in [6.07, 6.45) is 0.771. The quantitative estimate of drug-likeness (QED) is 0.942. The summed E-state index contributed by atoms with van der Waals surface area (Å²) >= 11 is 0. The average molecular weight is 307 g/mol. The minimum atomic E-state index is -0.647. The van der Waals surface area contributed by atoms with E-state index >= 15 is 0 Å². The molecule has 0 saturated carbocycles. The number of ether oxygens (including phenoxy) is 1. The standard InChI is InChI=1S/C18H17N3O2/c1-23-17-9-5-8-14(18(17)22)16(12-19)21-11-10-15(20-21)13-6-3-2-4-7-13/h2-9,16,22H,10-11H2,1H3/t16-/m1/s1. The van der Waals surface area contributed by atoms with Crippen LogP contribution in [0.1, 0.15) is 23.6 Å². The molecule has 1 atom stereocenters. The molecule has 1 heterocycles. The number of hydrazone groups is 1. The zero-order valence-electron chi connectivity index (χ0n) is 12.8. The summed E-state index contributed by atoms with van der Waals surface area (Å²) in [4.78, 5) is 0. The van der Waals surface area contributed by atoms with Crippen LogP contribution in [0.4, 0.5) is 0 Å². The average Bonchev–Trinajstić information content (AvgIpc) is 3.08. The first-order valence-electron chi connectivity index (χ1n) is 7.39. The summed E-state index contributed by atoms with van der Waals surface area (Å²) in [7, 11) is 1.49. The van der Waals surface area contributed by atoms with Crippen LogP contribution in [0, 0.1) is 11.3 Å². The fourth-order valence-electron chi connectivity index (χ4n) is 2.72. The van der Waals surface area contributed by atoms with Crippen LogP contribution >= 0.6 is 0 Å². The fraction of sp³-hybridized carbons (Fsp3) is 0.222. The summed E-state index contributed by atoms with van der Waals surface area (Å²) in [5, 5.41) is 26.2. The van der Waals surface area contributed by atoms with Crippen molar-refractivity contribution in [1.82, 2.24) is 5.01 Å². The molecule has 5 nitrogen and oxygen atoms in total. The number of benzene rings is 2. The molecule has 5 heteroatoms. The number of nitrogens with zero attached hydrogens (tertiary/aromatic N) is 3. The van der Waals surface area contributed by atoms with Crippen LogP contribution in [0.25, 0.3) is 0 Å². The van der Waals surface area contributed by atoms with Crippen molar-refractivity contribution in [3.63, 3.8) is 0 Å². The molecule has 1 aliphatic rings. The van der Waals surface area contributed by atoms with Crippen molar-refractivity contribution in [1.29, 1.82) is 5.26 Å². The van der Waals surface area contributed by atoms with Gasteiger partial charge < -0.3 is 9.84 Å². The monoisotopic (exact) mass is 307 g/mol. The largest absolute Gasteiger partial charge is 0.504 e. The SMILES string of the molecule is COc1cccc([C@@H](C#N)N2CCC(c3ccccc3)=N2)c1O. The van der Waals surface area contributed by atoms with Gasteiger partial charge in [-0.1, -0.05) is 42.5 Å². The topological polar surface area (TPSA) is 68.8 Å². The third-order valence-electron chi connectivity index (χ3n) is 3.90. The molecule has 1 N–H and O–H groups in total. The summed E-state index contributed by atoms with van der Waals surface area (Å²) < 4.78 is 5.12. The molecule has 0 spiro atoms. The first kappa shape index (κ1) is 14.9. The molecule has 0 radical (unpaired) electrons. The lowest BCUT2D eigenvalue weighted by Gasteiger charge is -2.21. The highest BCUT2D eigenvalue weighted by atomic mass is 16.5. The van der Waals surface area contributed by atoms with Gasteiger partial charge in [-0.3, -0.25) is 5.01 Å². The number of nitriles is 1. The van der Waals surface area contributed by atoms with Gasteiger partial charge >= 0.3 is 0 Å². The van der Waals surface area contributed by atoms with Crippen LogP contribution in [0.15, 0.2) is 53.6 Å². The predicted molar refractivity (Wildman–Crippen MR) is 87.3 cm³/mol. The first-order valence-corrected chi connectivity index (χ1v) is 7.39. The van der Waals surface area contributed by atoms with Crippen molar-refractivity contribution in [2.75, 3.05) is 13.7 Å². The molecular weight excluding hydrogens is 290 g/mol. The molecule has 0 bridgehead atoms. The number of rotatable bonds is 4. The van der Waals surface area contributed by atoms with Crippen molar-refractivity contribution in [2.24, 2.45) is 5.10 Å². The van der Waals surface area contributed by atoms with Gasteiger partial charge in [0, 0.05) is 18.5 Å². The van der Waals surface area contributed by atoms with Gasteiger partial charge in [0.1, 0.15) is 0 Å². The number of aromatic hydroxyl groups is 1. The molecular formula is C18H17N3O2. The third kappa shape index (κ3) is 2.84. The van der Waals surface area contributed by atoms with E-state index in [1.54, 1.807) is 23.2 Å². The first-order chi connectivity index (χ1) is 11.2. The van der Waals surface area contributed by atoms with E-state index in [1.807, 2.05) is 30.3 Å². The van der Waals surface area contributed by atoms with Crippen LogP contribution in [0.2, 0.25) is 0 Å². The lowest BCUT2D eigenvalue weighted by atomic mass is 10.1. The van der Waals surface area contributed by atoms with Gasteiger partial charge in [-0.2, -0.15) is 10.4 Å². The van der Waals surface area contributed by atoms with Crippen molar-refractivity contribution in [3.8, 4) is 17.6 Å². The highest BCUT2D eigenvalue weighted by Crippen LogP contribution is 2.36. The van der Waals surface area contributed by atoms with E-state index in [-0.39, 0.29) is 5.75 Å². The van der Waals surface area contributed by atoms with Crippen LogP contribution in [-0.4, -0.2) is 29.5 Å². The molecule has 0 amide bonds. The number of phenols is 1. The Morgan fingerprint density at radius 2 is 2.00 bits per heavy atom. The molecule has 0 aliphatic carbocycles. The molecule has 2 aromatic carbocycles. The minimum absolute atomic E-state index is 0.00934. The van der Waals surface area contributed by atoms with Crippen LogP contribution < -0.4 is 4.74 Å². The van der Waals surface area contributed by atoms with E-state index in [4.69, 9.17) is 4.74 Å². The number of para-hydroxylation sites is 1.